The van der Waals surface area contributed by atoms with Gasteiger partial charge < -0.3 is 5.11 Å². The molecule has 0 amide bonds. The van der Waals surface area contributed by atoms with E-state index in [0.29, 0.717) is 12.8 Å². The molecule has 1 aliphatic heterocycles. The summed E-state index contributed by atoms with van der Waals surface area (Å²) >= 11 is 0. The molecule has 0 aliphatic carbocycles. The summed E-state index contributed by atoms with van der Waals surface area (Å²) < 4.78 is 24.4. The topological polar surface area (TPSA) is 72.2 Å². The summed E-state index contributed by atoms with van der Waals surface area (Å²) in [5.41, 5.74) is 0.774. The maximum Gasteiger partial charge on any atom is 0.150 e. The Bertz CT molecular complexity index is 481. The van der Waals surface area contributed by atoms with E-state index in [1.54, 1.807) is 10.9 Å². The average Bonchev–Trinajstić information content (AvgIpc) is 2.85. The molecule has 2 atom stereocenters. The smallest absolute Gasteiger partial charge is 0.150 e. The van der Waals surface area contributed by atoms with Gasteiger partial charge in [0.1, 0.15) is 0 Å². The Balaban J connectivity index is 1.95. The van der Waals surface area contributed by atoms with Crippen molar-refractivity contribution < 1.29 is 13.5 Å². The molecule has 1 N–H and O–H groups in total. The van der Waals surface area contributed by atoms with Crippen molar-refractivity contribution in [3.05, 3.63) is 18.0 Å². The van der Waals surface area contributed by atoms with Gasteiger partial charge in [0.2, 0.25) is 0 Å². The molecule has 2 unspecified atom stereocenters. The Morgan fingerprint density at radius 2 is 2.41 bits per heavy atom. The summed E-state index contributed by atoms with van der Waals surface area (Å²) in [4.78, 5) is 0. The molecule has 1 fully saturated rings. The number of nitrogens with zero attached hydrogens (tertiary/aromatic N) is 2. The van der Waals surface area contributed by atoms with Crippen LogP contribution in [0, 0.1) is 5.92 Å². The van der Waals surface area contributed by atoms with E-state index in [0.717, 1.165) is 12.1 Å². The third-order valence-electron chi connectivity index (χ3n) is 3.25. The number of aryl methyl sites for hydroxylation is 1. The van der Waals surface area contributed by atoms with Crippen molar-refractivity contribution in [2.45, 2.75) is 32.4 Å². The summed E-state index contributed by atoms with van der Waals surface area (Å²) in [5, 5.41) is 14.1. The number of hydrogen-bond donors (Lipinski definition) is 1. The highest BCUT2D eigenvalue weighted by Crippen LogP contribution is 2.28. The molecule has 0 saturated carbocycles. The third-order valence-corrected chi connectivity index (χ3v) is 5.08. The molecule has 2 rings (SSSR count). The van der Waals surface area contributed by atoms with Gasteiger partial charge in [-0.15, -0.1) is 0 Å². The normalized spacial score (nSPS) is 24.9. The van der Waals surface area contributed by atoms with Crippen LogP contribution >= 0.6 is 0 Å². The van der Waals surface area contributed by atoms with Crippen LogP contribution in [0.25, 0.3) is 0 Å². The van der Waals surface area contributed by atoms with Crippen molar-refractivity contribution in [2.75, 3.05) is 11.5 Å². The first-order chi connectivity index (χ1) is 8.00. The predicted molar refractivity (Wildman–Crippen MR) is 64.2 cm³/mol. The summed E-state index contributed by atoms with van der Waals surface area (Å²) in [6, 6.07) is 0. The Morgan fingerprint density at radius 3 is 2.94 bits per heavy atom. The lowest BCUT2D eigenvalue weighted by molar-refractivity contribution is 0.148. The standard InChI is InChI=1S/C11H18N2O3S/c1-2-13-7-10(6-12-13)11(14)5-9-3-4-17(15,16)8-9/h6-7,9,11,14H,2-5,8H2,1H3. The second-order valence-electron chi connectivity index (χ2n) is 4.65. The minimum atomic E-state index is -2.85. The Morgan fingerprint density at radius 1 is 1.65 bits per heavy atom. The summed E-state index contributed by atoms with van der Waals surface area (Å²) in [5.74, 6) is 0.560. The fourth-order valence-corrected chi connectivity index (χ4v) is 4.11. The molecule has 0 bridgehead atoms. The molecule has 1 aliphatic rings. The van der Waals surface area contributed by atoms with E-state index in [-0.39, 0.29) is 17.4 Å². The zero-order valence-electron chi connectivity index (χ0n) is 9.91. The lowest BCUT2D eigenvalue weighted by Crippen LogP contribution is -2.09. The first-order valence-corrected chi connectivity index (χ1v) is 7.73. The van der Waals surface area contributed by atoms with Gasteiger partial charge in [-0.05, 0) is 25.7 Å². The second-order valence-corrected chi connectivity index (χ2v) is 6.88. The van der Waals surface area contributed by atoms with E-state index in [1.807, 2.05) is 13.1 Å². The number of sulfone groups is 1. The lowest BCUT2D eigenvalue weighted by atomic mass is 9.98. The number of aromatic nitrogens is 2. The number of aliphatic hydroxyl groups is 1. The van der Waals surface area contributed by atoms with E-state index < -0.39 is 15.9 Å². The minimum absolute atomic E-state index is 0.0833. The molecule has 96 valence electrons. The largest absolute Gasteiger partial charge is 0.388 e. The molecule has 1 aromatic heterocycles. The van der Waals surface area contributed by atoms with Crippen LogP contribution in [-0.4, -0.2) is 34.8 Å². The first kappa shape index (κ1) is 12.6. The Labute approximate surface area is 101 Å². The highest BCUT2D eigenvalue weighted by Gasteiger charge is 2.29. The van der Waals surface area contributed by atoms with Gasteiger partial charge >= 0.3 is 0 Å². The fourth-order valence-electron chi connectivity index (χ4n) is 2.23. The van der Waals surface area contributed by atoms with E-state index in [1.165, 1.54) is 0 Å². The quantitative estimate of drug-likeness (QED) is 0.865. The van der Waals surface area contributed by atoms with Crippen LogP contribution < -0.4 is 0 Å². The molecule has 17 heavy (non-hydrogen) atoms. The van der Waals surface area contributed by atoms with E-state index >= 15 is 0 Å². The van der Waals surface area contributed by atoms with Crippen molar-refractivity contribution >= 4 is 9.84 Å². The van der Waals surface area contributed by atoms with Gasteiger partial charge in [-0.1, -0.05) is 0 Å². The van der Waals surface area contributed by atoms with Gasteiger partial charge in [-0.25, -0.2) is 8.42 Å². The highest BCUT2D eigenvalue weighted by molar-refractivity contribution is 7.91. The number of rotatable bonds is 4. The van der Waals surface area contributed by atoms with Crippen molar-refractivity contribution in [3.8, 4) is 0 Å². The average molecular weight is 258 g/mol. The van der Waals surface area contributed by atoms with Crippen LogP contribution in [0.2, 0.25) is 0 Å². The lowest BCUT2D eigenvalue weighted by Gasteiger charge is -2.12. The van der Waals surface area contributed by atoms with E-state index in [2.05, 4.69) is 5.10 Å². The first-order valence-electron chi connectivity index (χ1n) is 5.91. The highest BCUT2D eigenvalue weighted by atomic mass is 32.2. The summed E-state index contributed by atoms with van der Waals surface area (Å²) in [6.07, 6.45) is 4.04. The van der Waals surface area contributed by atoms with Crippen molar-refractivity contribution in [3.63, 3.8) is 0 Å². The van der Waals surface area contributed by atoms with Gasteiger partial charge in [-0.2, -0.15) is 5.10 Å². The molecule has 2 heterocycles. The number of aliphatic hydroxyl groups excluding tert-OH is 1. The molecule has 0 spiro atoms. The van der Waals surface area contributed by atoms with Crippen LogP contribution in [0.1, 0.15) is 31.4 Å². The van der Waals surface area contributed by atoms with Crippen molar-refractivity contribution in [1.29, 1.82) is 0 Å². The van der Waals surface area contributed by atoms with Gasteiger partial charge in [-0.3, -0.25) is 4.68 Å². The maximum absolute atomic E-state index is 11.3. The van der Waals surface area contributed by atoms with Gasteiger partial charge in [0.15, 0.2) is 9.84 Å². The van der Waals surface area contributed by atoms with Crippen LogP contribution in [0.15, 0.2) is 12.4 Å². The molecule has 1 saturated heterocycles. The minimum Gasteiger partial charge on any atom is -0.388 e. The van der Waals surface area contributed by atoms with Crippen molar-refractivity contribution in [1.82, 2.24) is 9.78 Å². The summed E-state index contributed by atoms with van der Waals surface area (Å²) in [6.45, 7) is 2.75. The molecule has 6 heteroatoms. The monoisotopic (exact) mass is 258 g/mol. The van der Waals surface area contributed by atoms with E-state index in [9.17, 15) is 13.5 Å². The van der Waals surface area contributed by atoms with Gasteiger partial charge in [0, 0.05) is 18.3 Å². The molecular formula is C11H18N2O3S. The molecule has 0 aromatic carbocycles. The maximum atomic E-state index is 11.3. The zero-order chi connectivity index (χ0) is 12.5. The Kier molecular flexibility index (Phi) is 3.53. The Hall–Kier alpha value is -0.880. The fraction of sp³-hybridized carbons (Fsp3) is 0.727. The summed E-state index contributed by atoms with van der Waals surface area (Å²) in [7, 11) is -2.85. The molecule has 0 radical (unpaired) electrons. The SMILES string of the molecule is CCn1cc(C(O)CC2CCS(=O)(=O)C2)cn1. The zero-order valence-corrected chi connectivity index (χ0v) is 10.7. The van der Waals surface area contributed by atoms with E-state index in [4.69, 9.17) is 0 Å². The predicted octanol–water partition coefficient (Wildman–Crippen LogP) is 0.761. The van der Waals surface area contributed by atoms with Crippen LogP contribution in [-0.2, 0) is 16.4 Å². The molecular weight excluding hydrogens is 240 g/mol. The van der Waals surface area contributed by atoms with Crippen LogP contribution in [0.5, 0.6) is 0 Å². The van der Waals surface area contributed by atoms with Crippen LogP contribution in [0.3, 0.4) is 0 Å². The number of hydrogen-bond acceptors (Lipinski definition) is 4. The third kappa shape index (κ3) is 3.07. The van der Waals surface area contributed by atoms with Gasteiger partial charge in [0.25, 0.3) is 0 Å². The van der Waals surface area contributed by atoms with Crippen LogP contribution in [0.4, 0.5) is 0 Å². The molecule has 5 nitrogen and oxygen atoms in total. The van der Waals surface area contributed by atoms with Crippen molar-refractivity contribution in [2.24, 2.45) is 5.92 Å². The second kappa shape index (κ2) is 4.78. The van der Waals surface area contributed by atoms with Gasteiger partial charge in [0.05, 0.1) is 23.8 Å². The molecule has 1 aromatic rings.